The molecule has 0 saturated carbocycles. The molecule has 2 rings (SSSR count). The first kappa shape index (κ1) is 10.3. The van der Waals surface area contributed by atoms with Gasteiger partial charge in [-0.2, -0.15) is 0 Å². The molecule has 0 aliphatic rings. The first-order chi connectivity index (χ1) is 7.27. The molecule has 0 fully saturated rings. The number of hydrogen-bond acceptors (Lipinski definition) is 5. The fourth-order valence-electron chi connectivity index (χ4n) is 1.01. The van der Waals surface area contributed by atoms with Crippen LogP contribution in [0.25, 0.3) is 0 Å². The first-order valence-electron chi connectivity index (χ1n) is 4.13. The smallest absolute Gasteiger partial charge is 0.267 e. The number of anilines is 1. The number of halogens is 1. The molecule has 2 aromatic heterocycles. The van der Waals surface area contributed by atoms with Gasteiger partial charge < -0.3 is 10.3 Å². The van der Waals surface area contributed by atoms with Gasteiger partial charge in [0.1, 0.15) is 15.3 Å². The third kappa shape index (κ3) is 2.42. The summed E-state index contributed by atoms with van der Waals surface area (Å²) >= 11 is 4.71. The third-order valence-electron chi connectivity index (χ3n) is 1.69. The average molecular weight is 287 g/mol. The quantitative estimate of drug-likeness (QED) is 0.899. The number of hydrogen-bond donors (Lipinski definition) is 2. The van der Waals surface area contributed by atoms with Crippen LogP contribution < -0.4 is 10.9 Å². The Labute approximate surface area is 97.7 Å². The maximum atomic E-state index is 11.2. The molecule has 15 heavy (non-hydrogen) atoms. The fourth-order valence-corrected chi connectivity index (χ4v) is 1.92. The zero-order chi connectivity index (χ0) is 10.7. The van der Waals surface area contributed by atoms with Crippen molar-refractivity contribution in [2.45, 2.75) is 6.54 Å². The van der Waals surface area contributed by atoms with E-state index < -0.39 is 0 Å². The summed E-state index contributed by atoms with van der Waals surface area (Å²) in [5.74, 6) is 0.522. The van der Waals surface area contributed by atoms with Gasteiger partial charge in [0, 0.05) is 11.6 Å². The van der Waals surface area contributed by atoms with Crippen molar-refractivity contribution in [3.8, 4) is 0 Å². The summed E-state index contributed by atoms with van der Waals surface area (Å²) in [6.45, 7) is 0.562. The Kier molecular flexibility index (Phi) is 3.12. The number of nitrogens with one attached hydrogen (secondary N) is 2. The van der Waals surface area contributed by atoms with Crippen LogP contribution in [0.4, 0.5) is 5.82 Å². The van der Waals surface area contributed by atoms with E-state index in [-0.39, 0.29) is 5.56 Å². The van der Waals surface area contributed by atoms with Gasteiger partial charge in [0.2, 0.25) is 0 Å². The van der Waals surface area contributed by atoms with Crippen LogP contribution in [0, 0.1) is 0 Å². The standard InChI is InChI=1S/C8H7BrN4OS/c9-6-7(12-4-13-8(6)14)11-3-5-10-1-2-15-5/h1-2,4H,3H2,(H2,11,12,13,14). The molecule has 2 heterocycles. The highest BCUT2D eigenvalue weighted by molar-refractivity contribution is 9.10. The summed E-state index contributed by atoms with van der Waals surface area (Å²) in [4.78, 5) is 21.8. The molecule has 7 heteroatoms. The van der Waals surface area contributed by atoms with Crippen molar-refractivity contribution in [1.82, 2.24) is 15.0 Å². The Balaban J connectivity index is 2.12. The molecule has 0 saturated heterocycles. The minimum Gasteiger partial charge on any atom is -0.362 e. The molecular weight excluding hydrogens is 280 g/mol. The lowest BCUT2D eigenvalue weighted by Gasteiger charge is -2.03. The van der Waals surface area contributed by atoms with Gasteiger partial charge in [-0.3, -0.25) is 4.79 Å². The zero-order valence-corrected chi connectivity index (χ0v) is 9.93. The number of H-pyrrole nitrogens is 1. The molecule has 0 aromatic carbocycles. The predicted octanol–water partition coefficient (Wildman–Crippen LogP) is 1.60. The number of aromatic amines is 1. The summed E-state index contributed by atoms with van der Waals surface area (Å²) in [7, 11) is 0. The van der Waals surface area contributed by atoms with Gasteiger partial charge in [0.15, 0.2) is 0 Å². The second-order valence-corrected chi connectivity index (χ2v) is 4.45. The Hall–Kier alpha value is -1.21. The predicted molar refractivity (Wildman–Crippen MR) is 62.0 cm³/mol. The van der Waals surface area contributed by atoms with Crippen molar-refractivity contribution in [2.75, 3.05) is 5.32 Å². The monoisotopic (exact) mass is 286 g/mol. The maximum Gasteiger partial charge on any atom is 0.267 e. The molecule has 0 atom stereocenters. The van der Waals surface area contributed by atoms with Crippen LogP contribution in [0.15, 0.2) is 27.2 Å². The molecule has 2 N–H and O–H groups in total. The Morgan fingerprint density at radius 1 is 1.53 bits per heavy atom. The molecule has 0 aliphatic heterocycles. The van der Waals surface area contributed by atoms with E-state index in [1.165, 1.54) is 6.33 Å². The van der Waals surface area contributed by atoms with Crippen molar-refractivity contribution in [2.24, 2.45) is 0 Å². The van der Waals surface area contributed by atoms with Crippen LogP contribution in [-0.2, 0) is 6.54 Å². The number of rotatable bonds is 3. The average Bonchev–Trinajstić information content (AvgIpc) is 2.73. The van der Waals surface area contributed by atoms with E-state index in [0.717, 1.165) is 5.01 Å². The summed E-state index contributed by atoms with van der Waals surface area (Å²) in [6.07, 6.45) is 3.10. The van der Waals surface area contributed by atoms with Gasteiger partial charge in [0.05, 0.1) is 12.9 Å². The van der Waals surface area contributed by atoms with Crippen LogP contribution >= 0.6 is 27.3 Å². The van der Waals surface area contributed by atoms with E-state index in [4.69, 9.17) is 0 Å². The lowest BCUT2D eigenvalue weighted by molar-refractivity contribution is 1.03. The largest absolute Gasteiger partial charge is 0.362 e. The van der Waals surface area contributed by atoms with Gasteiger partial charge in [-0.25, -0.2) is 9.97 Å². The van der Waals surface area contributed by atoms with Crippen LogP contribution in [0.5, 0.6) is 0 Å². The fraction of sp³-hybridized carbons (Fsp3) is 0.125. The van der Waals surface area contributed by atoms with Crippen molar-refractivity contribution < 1.29 is 0 Å². The molecule has 5 nitrogen and oxygen atoms in total. The van der Waals surface area contributed by atoms with Gasteiger partial charge in [0.25, 0.3) is 5.56 Å². The molecule has 0 spiro atoms. The van der Waals surface area contributed by atoms with E-state index in [1.54, 1.807) is 17.5 Å². The number of thiazole rings is 1. The Morgan fingerprint density at radius 3 is 3.13 bits per heavy atom. The SMILES string of the molecule is O=c1[nH]cnc(NCc2nccs2)c1Br. The summed E-state index contributed by atoms with van der Waals surface area (Å²) < 4.78 is 0.404. The van der Waals surface area contributed by atoms with Gasteiger partial charge >= 0.3 is 0 Å². The van der Waals surface area contributed by atoms with Crippen molar-refractivity contribution in [3.63, 3.8) is 0 Å². The molecule has 0 unspecified atom stereocenters. The second-order valence-electron chi connectivity index (χ2n) is 2.67. The normalized spacial score (nSPS) is 10.2. The summed E-state index contributed by atoms with van der Waals surface area (Å²) in [6, 6.07) is 0. The molecule has 0 radical (unpaired) electrons. The van der Waals surface area contributed by atoms with Crippen molar-refractivity contribution >= 4 is 33.1 Å². The molecule has 2 aromatic rings. The van der Waals surface area contributed by atoms with E-state index >= 15 is 0 Å². The molecule has 78 valence electrons. The topological polar surface area (TPSA) is 70.7 Å². The van der Waals surface area contributed by atoms with Crippen molar-refractivity contribution in [3.05, 3.63) is 37.7 Å². The Morgan fingerprint density at radius 2 is 2.40 bits per heavy atom. The highest BCUT2D eigenvalue weighted by Crippen LogP contribution is 2.14. The van der Waals surface area contributed by atoms with Gasteiger partial charge in [-0.15, -0.1) is 11.3 Å². The molecule has 0 aliphatic carbocycles. The van der Waals surface area contributed by atoms with Gasteiger partial charge in [-0.05, 0) is 15.9 Å². The third-order valence-corrected chi connectivity index (χ3v) is 3.20. The summed E-state index contributed by atoms with van der Waals surface area (Å²) in [5, 5.41) is 5.87. The van der Waals surface area contributed by atoms with Crippen LogP contribution in [-0.4, -0.2) is 15.0 Å². The molecule has 0 amide bonds. The molecular formula is C8H7BrN4OS. The van der Waals surface area contributed by atoms with E-state index in [1.807, 2.05) is 5.38 Å². The minimum atomic E-state index is -0.202. The highest BCUT2D eigenvalue weighted by atomic mass is 79.9. The maximum absolute atomic E-state index is 11.2. The van der Waals surface area contributed by atoms with Crippen LogP contribution in [0.2, 0.25) is 0 Å². The first-order valence-corrected chi connectivity index (χ1v) is 5.80. The lowest BCUT2D eigenvalue weighted by atomic mass is 10.5. The summed E-state index contributed by atoms with van der Waals surface area (Å²) in [5.41, 5.74) is -0.202. The second kappa shape index (κ2) is 4.54. The highest BCUT2D eigenvalue weighted by Gasteiger charge is 2.04. The van der Waals surface area contributed by atoms with Crippen molar-refractivity contribution in [1.29, 1.82) is 0 Å². The molecule has 0 bridgehead atoms. The number of aromatic nitrogens is 3. The van der Waals surface area contributed by atoms with E-state index in [0.29, 0.717) is 16.8 Å². The van der Waals surface area contributed by atoms with Crippen LogP contribution in [0.1, 0.15) is 5.01 Å². The lowest BCUT2D eigenvalue weighted by Crippen LogP contribution is -2.11. The minimum absolute atomic E-state index is 0.202. The van der Waals surface area contributed by atoms with Gasteiger partial charge in [-0.1, -0.05) is 0 Å². The Bertz CT molecular complexity index is 496. The number of nitrogens with zero attached hydrogens (tertiary/aromatic N) is 2. The van der Waals surface area contributed by atoms with Crippen LogP contribution in [0.3, 0.4) is 0 Å². The van der Waals surface area contributed by atoms with E-state index in [9.17, 15) is 4.79 Å². The van der Waals surface area contributed by atoms with E-state index in [2.05, 4.69) is 36.2 Å². The zero-order valence-electron chi connectivity index (χ0n) is 7.53.